The van der Waals surface area contributed by atoms with Gasteiger partial charge in [-0.15, -0.1) is 10.2 Å². The highest BCUT2D eigenvalue weighted by Crippen LogP contribution is 2.52. The maximum atomic E-state index is 14.6. The van der Waals surface area contributed by atoms with Crippen molar-refractivity contribution in [3.8, 4) is 0 Å². The van der Waals surface area contributed by atoms with Gasteiger partial charge >= 0.3 is 0 Å². The second-order valence-corrected chi connectivity index (χ2v) is 9.43. The van der Waals surface area contributed by atoms with E-state index in [1.165, 1.54) is 23.1 Å². The van der Waals surface area contributed by atoms with Crippen LogP contribution >= 0.6 is 23.1 Å². The zero-order valence-electron chi connectivity index (χ0n) is 16.9. The molecule has 6 nitrogen and oxygen atoms in total. The Morgan fingerprint density at radius 2 is 1.94 bits per heavy atom. The summed E-state index contributed by atoms with van der Waals surface area (Å²) in [5, 5.41) is 27.3. The molecule has 0 fully saturated rings. The Kier molecular flexibility index (Phi) is 6.01. The summed E-state index contributed by atoms with van der Waals surface area (Å²) in [6.45, 7) is 4.01. The number of halogens is 2. The first kappa shape index (κ1) is 21.4. The van der Waals surface area contributed by atoms with Crippen molar-refractivity contribution in [1.82, 2.24) is 15.5 Å². The van der Waals surface area contributed by atoms with Crippen LogP contribution in [-0.4, -0.2) is 27.6 Å². The SMILES string of the molecule is CC(=N)NCCC1(c2ccccc2)SC(c2cc(F)ccc2F)=NN1c1nnc(C)s1. The van der Waals surface area contributed by atoms with Crippen LogP contribution in [0.25, 0.3) is 0 Å². The number of benzene rings is 2. The minimum atomic E-state index is -0.774. The molecule has 2 heterocycles. The molecule has 2 N–H and O–H groups in total. The molecule has 10 heteroatoms. The number of aryl methyl sites for hydroxylation is 1. The van der Waals surface area contributed by atoms with Gasteiger partial charge in [-0.25, -0.2) is 13.8 Å². The van der Waals surface area contributed by atoms with Crippen LogP contribution < -0.4 is 10.3 Å². The van der Waals surface area contributed by atoms with Gasteiger partial charge in [0.05, 0.1) is 5.84 Å². The average molecular weight is 459 g/mol. The molecule has 1 atom stereocenters. The Morgan fingerprint density at radius 3 is 2.61 bits per heavy atom. The summed E-state index contributed by atoms with van der Waals surface area (Å²) < 4.78 is 28.6. The van der Waals surface area contributed by atoms with E-state index in [1.807, 2.05) is 37.3 Å². The lowest BCUT2D eigenvalue weighted by Gasteiger charge is -2.35. The molecule has 1 unspecified atom stereocenters. The molecule has 0 aliphatic carbocycles. The monoisotopic (exact) mass is 458 g/mol. The first-order valence-corrected chi connectivity index (χ1v) is 11.2. The second-order valence-electron chi connectivity index (χ2n) is 7.00. The van der Waals surface area contributed by atoms with Crippen LogP contribution in [0.2, 0.25) is 0 Å². The molecule has 1 aliphatic rings. The third kappa shape index (κ3) is 4.31. The van der Waals surface area contributed by atoms with E-state index >= 15 is 0 Å². The Bertz CT molecular complexity index is 1130. The second kappa shape index (κ2) is 8.72. The van der Waals surface area contributed by atoms with Crippen molar-refractivity contribution in [3.63, 3.8) is 0 Å². The fourth-order valence-corrected chi connectivity index (χ4v) is 5.48. The van der Waals surface area contributed by atoms with Gasteiger partial charge in [0.2, 0.25) is 5.13 Å². The van der Waals surface area contributed by atoms with Crippen LogP contribution in [0.3, 0.4) is 0 Å². The van der Waals surface area contributed by atoms with Crippen LogP contribution in [0.1, 0.15) is 29.5 Å². The molecule has 0 radical (unpaired) electrons. The number of hydrogen-bond donors (Lipinski definition) is 2. The molecular formula is C21H20F2N6S2. The zero-order chi connectivity index (χ0) is 22.0. The van der Waals surface area contributed by atoms with E-state index in [4.69, 9.17) is 10.5 Å². The van der Waals surface area contributed by atoms with Crippen molar-refractivity contribution >= 4 is 39.1 Å². The minimum Gasteiger partial charge on any atom is -0.374 e. The lowest BCUT2D eigenvalue weighted by atomic mass is 10.0. The molecular weight excluding hydrogens is 438 g/mol. The summed E-state index contributed by atoms with van der Waals surface area (Å²) in [6.07, 6.45) is 0.528. The number of amidine groups is 1. The normalized spacial score (nSPS) is 18.2. The van der Waals surface area contributed by atoms with Crippen LogP contribution in [0.5, 0.6) is 0 Å². The van der Waals surface area contributed by atoms with Crippen molar-refractivity contribution in [2.75, 3.05) is 11.6 Å². The van der Waals surface area contributed by atoms with Gasteiger partial charge in [-0.1, -0.05) is 53.4 Å². The predicted octanol–water partition coefficient (Wildman–Crippen LogP) is 4.87. The van der Waals surface area contributed by atoms with Gasteiger partial charge in [0, 0.05) is 18.5 Å². The van der Waals surface area contributed by atoms with Gasteiger partial charge in [-0.05, 0) is 37.6 Å². The van der Waals surface area contributed by atoms with E-state index in [-0.39, 0.29) is 5.56 Å². The quantitative estimate of drug-likeness (QED) is 0.407. The number of anilines is 1. The van der Waals surface area contributed by atoms with Gasteiger partial charge in [0.1, 0.15) is 26.6 Å². The Balaban J connectivity index is 1.85. The fourth-order valence-electron chi connectivity index (χ4n) is 3.33. The van der Waals surface area contributed by atoms with Crippen molar-refractivity contribution in [2.24, 2.45) is 5.10 Å². The molecule has 0 amide bonds. The number of hydrogen-bond acceptors (Lipinski definition) is 7. The first-order valence-electron chi connectivity index (χ1n) is 9.57. The van der Waals surface area contributed by atoms with E-state index in [1.54, 1.807) is 11.9 Å². The number of aromatic nitrogens is 2. The molecule has 160 valence electrons. The average Bonchev–Trinajstić information content (AvgIpc) is 3.34. The number of hydrazone groups is 1. The summed E-state index contributed by atoms with van der Waals surface area (Å²) in [5.41, 5.74) is 1.04. The molecule has 4 rings (SSSR count). The maximum Gasteiger partial charge on any atom is 0.230 e. The third-order valence-electron chi connectivity index (χ3n) is 4.73. The lowest BCUT2D eigenvalue weighted by molar-refractivity contribution is 0.537. The lowest BCUT2D eigenvalue weighted by Crippen LogP contribution is -2.40. The molecule has 0 saturated heterocycles. The molecule has 31 heavy (non-hydrogen) atoms. The molecule has 0 bridgehead atoms. The number of nitrogens with zero attached hydrogens (tertiary/aromatic N) is 4. The largest absolute Gasteiger partial charge is 0.374 e. The maximum absolute atomic E-state index is 14.6. The first-order chi connectivity index (χ1) is 14.9. The Morgan fingerprint density at radius 1 is 1.16 bits per heavy atom. The third-order valence-corrected chi connectivity index (χ3v) is 6.99. The van der Waals surface area contributed by atoms with Gasteiger partial charge in [-0.2, -0.15) is 5.10 Å². The van der Waals surface area contributed by atoms with Gasteiger partial charge in [0.15, 0.2) is 0 Å². The van der Waals surface area contributed by atoms with E-state index in [0.29, 0.717) is 29.0 Å². The van der Waals surface area contributed by atoms with E-state index in [0.717, 1.165) is 28.8 Å². The predicted molar refractivity (Wildman–Crippen MR) is 122 cm³/mol. The summed E-state index contributed by atoms with van der Waals surface area (Å²) in [6, 6.07) is 13.1. The number of thioether (sulfide) groups is 1. The highest BCUT2D eigenvalue weighted by molar-refractivity contribution is 8.15. The smallest absolute Gasteiger partial charge is 0.230 e. The van der Waals surface area contributed by atoms with Crippen molar-refractivity contribution in [1.29, 1.82) is 5.41 Å². The van der Waals surface area contributed by atoms with Crippen molar-refractivity contribution in [3.05, 3.63) is 76.3 Å². The molecule has 3 aromatic rings. The summed E-state index contributed by atoms with van der Waals surface area (Å²) >= 11 is 2.73. The van der Waals surface area contributed by atoms with Gasteiger partial charge in [0.25, 0.3) is 0 Å². The standard InChI is InChI=1S/C21H20F2N6S2/c1-13(24)25-11-10-21(15-6-4-3-5-7-15)29(20-27-26-14(2)30-20)28-19(31-21)17-12-16(22)8-9-18(17)23/h3-9,12H,10-11H2,1-2H3,(H2,24,25). The molecule has 1 aromatic heterocycles. The highest BCUT2D eigenvalue weighted by atomic mass is 32.2. The molecule has 2 aromatic carbocycles. The summed E-state index contributed by atoms with van der Waals surface area (Å²) in [4.78, 5) is -0.774. The van der Waals surface area contributed by atoms with Gasteiger partial charge < -0.3 is 5.32 Å². The van der Waals surface area contributed by atoms with Crippen LogP contribution in [0, 0.1) is 24.0 Å². The topological polar surface area (TPSA) is 77.3 Å². The Hall–Kier alpha value is -2.85. The summed E-state index contributed by atoms with van der Waals surface area (Å²) in [7, 11) is 0. The van der Waals surface area contributed by atoms with Crippen LogP contribution in [0.15, 0.2) is 53.6 Å². The Labute approximate surface area is 186 Å². The fraction of sp³-hybridized carbons (Fsp3) is 0.238. The minimum absolute atomic E-state index is 0.102. The van der Waals surface area contributed by atoms with E-state index in [9.17, 15) is 8.78 Å². The molecule has 0 saturated carbocycles. The van der Waals surface area contributed by atoms with Crippen LogP contribution in [0.4, 0.5) is 13.9 Å². The molecule has 0 spiro atoms. The summed E-state index contributed by atoms with van der Waals surface area (Å²) in [5.74, 6) is -0.725. The number of rotatable bonds is 6. The number of nitrogens with one attached hydrogen (secondary N) is 2. The van der Waals surface area contributed by atoms with Crippen molar-refractivity contribution in [2.45, 2.75) is 25.1 Å². The highest BCUT2D eigenvalue weighted by Gasteiger charge is 2.48. The van der Waals surface area contributed by atoms with E-state index in [2.05, 4.69) is 15.5 Å². The molecule has 1 aliphatic heterocycles. The van der Waals surface area contributed by atoms with Gasteiger partial charge in [-0.3, -0.25) is 5.41 Å². The van der Waals surface area contributed by atoms with Crippen molar-refractivity contribution < 1.29 is 8.78 Å². The zero-order valence-corrected chi connectivity index (χ0v) is 18.5. The van der Waals surface area contributed by atoms with E-state index < -0.39 is 16.5 Å². The van der Waals surface area contributed by atoms with Crippen LogP contribution in [-0.2, 0) is 4.87 Å².